The SMILES string of the molecule is Cc1cc2c(c(C)n1)CNC(=O)c1cc(Cl)cc(O)c1C/C=C\CC2. The van der Waals surface area contributed by atoms with Gasteiger partial charge >= 0.3 is 0 Å². The summed E-state index contributed by atoms with van der Waals surface area (Å²) in [5, 5.41) is 13.5. The zero-order chi connectivity index (χ0) is 18.0. The molecule has 0 saturated carbocycles. The number of nitrogens with zero attached hydrogens (tertiary/aromatic N) is 1. The van der Waals surface area contributed by atoms with E-state index in [0.717, 1.165) is 29.8 Å². The number of halogens is 1. The van der Waals surface area contributed by atoms with Crippen LogP contribution in [0, 0.1) is 13.8 Å². The first-order chi connectivity index (χ1) is 12.0. The van der Waals surface area contributed by atoms with E-state index in [1.165, 1.54) is 11.6 Å². The standard InChI is InChI=1S/C20H21ClN2O2/c1-12-8-14-6-4-3-5-7-16-17(9-15(21)10-19(16)24)20(25)22-11-18(14)13(2)23-12/h3,5,8-10,24H,4,6-7,11H2,1-2H3,(H,22,25)/b5-3-. The fourth-order valence-electron chi connectivity index (χ4n) is 3.26. The summed E-state index contributed by atoms with van der Waals surface area (Å²) in [7, 11) is 0. The van der Waals surface area contributed by atoms with E-state index in [4.69, 9.17) is 11.6 Å². The number of phenols is 1. The minimum Gasteiger partial charge on any atom is -0.508 e. The van der Waals surface area contributed by atoms with Gasteiger partial charge in [0.15, 0.2) is 0 Å². The zero-order valence-electron chi connectivity index (χ0n) is 14.4. The Hall–Kier alpha value is -2.33. The van der Waals surface area contributed by atoms with E-state index in [1.807, 2.05) is 19.9 Å². The molecule has 2 aromatic rings. The van der Waals surface area contributed by atoms with Gasteiger partial charge in [-0.3, -0.25) is 9.78 Å². The lowest BCUT2D eigenvalue weighted by Crippen LogP contribution is -2.25. The Morgan fingerprint density at radius 2 is 1.96 bits per heavy atom. The van der Waals surface area contributed by atoms with Crippen LogP contribution in [-0.4, -0.2) is 16.0 Å². The molecule has 1 amide bonds. The molecule has 0 radical (unpaired) electrons. The minimum atomic E-state index is -0.243. The van der Waals surface area contributed by atoms with Gasteiger partial charge in [0.05, 0.1) is 0 Å². The van der Waals surface area contributed by atoms with Crippen molar-refractivity contribution in [2.45, 2.75) is 39.7 Å². The summed E-state index contributed by atoms with van der Waals surface area (Å²) in [5.41, 5.74) is 5.20. The van der Waals surface area contributed by atoms with E-state index in [-0.39, 0.29) is 11.7 Å². The fourth-order valence-corrected chi connectivity index (χ4v) is 3.47. The molecule has 0 aliphatic carbocycles. The monoisotopic (exact) mass is 356 g/mol. The number of aryl methyl sites for hydroxylation is 3. The third-order valence-electron chi connectivity index (χ3n) is 4.48. The van der Waals surface area contributed by atoms with Crippen LogP contribution in [0.5, 0.6) is 5.75 Å². The second kappa shape index (κ2) is 7.28. The summed E-state index contributed by atoms with van der Waals surface area (Å²) in [6, 6.07) is 5.16. The molecule has 1 aromatic carbocycles. The summed E-state index contributed by atoms with van der Waals surface area (Å²) >= 11 is 6.03. The predicted molar refractivity (Wildman–Crippen MR) is 99.2 cm³/mol. The van der Waals surface area contributed by atoms with E-state index >= 15 is 0 Å². The number of hydrogen-bond acceptors (Lipinski definition) is 3. The Morgan fingerprint density at radius 1 is 1.16 bits per heavy atom. The predicted octanol–water partition coefficient (Wildman–Crippen LogP) is 4.03. The van der Waals surface area contributed by atoms with Gasteiger partial charge in [-0.15, -0.1) is 0 Å². The highest BCUT2D eigenvalue weighted by atomic mass is 35.5. The number of carbonyl (C=O) groups is 1. The molecule has 1 aliphatic heterocycles. The summed E-state index contributed by atoms with van der Waals surface area (Å²) in [6.07, 6.45) is 6.36. The van der Waals surface area contributed by atoms with Gasteiger partial charge in [-0.05, 0) is 62.4 Å². The smallest absolute Gasteiger partial charge is 0.252 e. The largest absolute Gasteiger partial charge is 0.508 e. The number of pyridine rings is 1. The quantitative estimate of drug-likeness (QED) is 0.700. The lowest BCUT2D eigenvalue weighted by atomic mass is 9.98. The van der Waals surface area contributed by atoms with E-state index in [0.29, 0.717) is 29.1 Å². The normalized spacial score (nSPS) is 16.0. The maximum Gasteiger partial charge on any atom is 0.252 e. The number of allylic oxidation sites excluding steroid dienone is 2. The van der Waals surface area contributed by atoms with E-state index in [9.17, 15) is 9.90 Å². The van der Waals surface area contributed by atoms with Crippen molar-refractivity contribution in [3.05, 3.63) is 69.0 Å². The zero-order valence-corrected chi connectivity index (χ0v) is 15.2. The molecule has 2 heterocycles. The first-order valence-corrected chi connectivity index (χ1v) is 8.74. The van der Waals surface area contributed by atoms with Crippen molar-refractivity contribution in [1.82, 2.24) is 10.3 Å². The Bertz CT molecular complexity index is 859. The van der Waals surface area contributed by atoms with Crippen LogP contribution < -0.4 is 5.32 Å². The molecule has 2 N–H and O–H groups in total. The number of aromatic hydroxyl groups is 1. The number of hydrogen-bond donors (Lipinski definition) is 2. The van der Waals surface area contributed by atoms with Crippen molar-refractivity contribution in [2.24, 2.45) is 0 Å². The molecule has 0 spiro atoms. The second-order valence-electron chi connectivity index (χ2n) is 6.33. The molecule has 1 aromatic heterocycles. The fraction of sp³-hybridized carbons (Fsp3) is 0.300. The molecule has 0 fully saturated rings. The Labute approximate surface area is 152 Å². The molecule has 25 heavy (non-hydrogen) atoms. The number of rotatable bonds is 0. The van der Waals surface area contributed by atoms with E-state index < -0.39 is 0 Å². The lowest BCUT2D eigenvalue weighted by molar-refractivity contribution is 0.0949. The molecule has 0 unspecified atom stereocenters. The van der Waals surface area contributed by atoms with Crippen LogP contribution >= 0.6 is 11.6 Å². The maximum absolute atomic E-state index is 12.7. The first-order valence-electron chi connectivity index (χ1n) is 8.36. The summed E-state index contributed by atoms with van der Waals surface area (Å²) < 4.78 is 0. The van der Waals surface area contributed by atoms with Crippen LogP contribution in [0.25, 0.3) is 0 Å². The van der Waals surface area contributed by atoms with Crippen LogP contribution in [0.15, 0.2) is 30.4 Å². The van der Waals surface area contributed by atoms with E-state index in [1.54, 1.807) is 6.07 Å². The minimum absolute atomic E-state index is 0.0493. The third kappa shape index (κ3) is 3.85. The van der Waals surface area contributed by atoms with Crippen molar-refractivity contribution in [2.75, 3.05) is 0 Å². The molecule has 4 nitrogen and oxygen atoms in total. The molecule has 130 valence electrons. The average molecular weight is 357 g/mol. The van der Waals surface area contributed by atoms with Crippen molar-refractivity contribution >= 4 is 17.5 Å². The topological polar surface area (TPSA) is 62.2 Å². The van der Waals surface area contributed by atoms with Gasteiger partial charge in [0.2, 0.25) is 0 Å². The van der Waals surface area contributed by atoms with Crippen LogP contribution in [0.1, 0.15) is 44.9 Å². The van der Waals surface area contributed by atoms with Crippen LogP contribution in [0.2, 0.25) is 5.02 Å². The number of carbonyl (C=O) groups excluding carboxylic acids is 1. The number of benzene rings is 1. The lowest BCUT2D eigenvalue weighted by Gasteiger charge is -2.16. The van der Waals surface area contributed by atoms with Gasteiger partial charge in [0, 0.05) is 34.1 Å². The average Bonchev–Trinajstić information content (AvgIpc) is 2.53. The molecule has 1 aliphatic rings. The summed E-state index contributed by atoms with van der Waals surface area (Å²) in [5.74, 6) is -0.194. The van der Waals surface area contributed by atoms with Crippen LogP contribution in [0.4, 0.5) is 0 Å². The van der Waals surface area contributed by atoms with Gasteiger partial charge in [-0.1, -0.05) is 23.8 Å². The van der Waals surface area contributed by atoms with Crippen LogP contribution in [0.3, 0.4) is 0 Å². The molecule has 0 bridgehead atoms. The van der Waals surface area contributed by atoms with Gasteiger partial charge in [-0.25, -0.2) is 0 Å². The van der Waals surface area contributed by atoms with Crippen molar-refractivity contribution < 1.29 is 9.90 Å². The third-order valence-corrected chi connectivity index (χ3v) is 4.70. The number of amides is 1. The highest BCUT2D eigenvalue weighted by Gasteiger charge is 2.17. The number of aromatic nitrogens is 1. The van der Waals surface area contributed by atoms with Crippen molar-refractivity contribution in [1.29, 1.82) is 0 Å². The first kappa shape index (κ1) is 17.5. The number of nitrogens with one attached hydrogen (secondary N) is 1. The summed E-state index contributed by atoms with van der Waals surface area (Å²) in [6.45, 7) is 4.36. The molecule has 5 heteroatoms. The summed E-state index contributed by atoms with van der Waals surface area (Å²) in [4.78, 5) is 17.2. The Morgan fingerprint density at radius 3 is 2.76 bits per heavy atom. The van der Waals surface area contributed by atoms with Gasteiger partial charge in [0.25, 0.3) is 5.91 Å². The van der Waals surface area contributed by atoms with Gasteiger partial charge < -0.3 is 10.4 Å². The maximum atomic E-state index is 12.7. The highest BCUT2D eigenvalue weighted by Crippen LogP contribution is 2.28. The number of phenolic OH excluding ortho intramolecular Hbond substituents is 1. The van der Waals surface area contributed by atoms with Gasteiger partial charge in [0.1, 0.15) is 5.75 Å². The number of fused-ring (bicyclic) bond motifs is 2. The molecular formula is C20H21ClN2O2. The molecule has 0 saturated heterocycles. The van der Waals surface area contributed by atoms with Gasteiger partial charge in [-0.2, -0.15) is 0 Å². The molecule has 3 rings (SSSR count). The molecular weight excluding hydrogens is 336 g/mol. The second-order valence-corrected chi connectivity index (χ2v) is 6.77. The van der Waals surface area contributed by atoms with E-state index in [2.05, 4.69) is 22.4 Å². The molecule has 0 atom stereocenters. The van der Waals surface area contributed by atoms with Crippen LogP contribution in [-0.2, 0) is 19.4 Å². The van der Waals surface area contributed by atoms with Crippen molar-refractivity contribution in [3.63, 3.8) is 0 Å². The Kier molecular flexibility index (Phi) is 5.09. The van der Waals surface area contributed by atoms with Crippen molar-refractivity contribution in [3.8, 4) is 5.75 Å². The highest BCUT2D eigenvalue weighted by molar-refractivity contribution is 6.31. The Balaban J connectivity index is 2.02.